The van der Waals surface area contributed by atoms with E-state index in [4.69, 9.17) is 5.11 Å². The standard InChI is InChI=1S/C9H13NO2/c1-6-4-8(9(12)5-11)7(2)10(6)3/h4,11H,5H2,1-3H3. The lowest BCUT2D eigenvalue weighted by Crippen LogP contribution is -2.05. The number of aromatic nitrogens is 1. The fourth-order valence-corrected chi connectivity index (χ4v) is 1.22. The molecule has 0 radical (unpaired) electrons. The first-order chi connectivity index (χ1) is 5.57. The molecule has 0 amide bonds. The van der Waals surface area contributed by atoms with Gasteiger partial charge in [0.1, 0.15) is 6.61 Å². The lowest BCUT2D eigenvalue weighted by atomic mass is 10.2. The molecule has 0 spiro atoms. The number of hydrogen-bond acceptors (Lipinski definition) is 2. The van der Waals surface area contributed by atoms with Crippen LogP contribution in [0.15, 0.2) is 6.07 Å². The molecule has 1 rings (SSSR count). The second-order valence-electron chi connectivity index (χ2n) is 2.93. The third kappa shape index (κ3) is 1.28. The zero-order valence-electron chi connectivity index (χ0n) is 7.59. The van der Waals surface area contributed by atoms with E-state index in [1.165, 1.54) is 0 Å². The highest BCUT2D eigenvalue weighted by molar-refractivity contribution is 5.98. The van der Waals surface area contributed by atoms with E-state index in [1.54, 1.807) is 6.07 Å². The van der Waals surface area contributed by atoms with Gasteiger partial charge in [0, 0.05) is 24.0 Å². The maximum absolute atomic E-state index is 11.1. The second kappa shape index (κ2) is 3.11. The largest absolute Gasteiger partial charge is 0.388 e. The Balaban J connectivity index is 3.17. The van der Waals surface area contributed by atoms with E-state index in [1.807, 2.05) is 25.5 Å². The minimum absolute atomic E-state index is 0.212. The van der Waals surface area contributed by atoms with Gasteiger partial charge in [-0.05, 0) is 19.9 Å². The first-order valence-corrected chi connectivity index (χ1v) is 3.85. The topological polar surface area (TPSA) is 42.2 Å². The van der Waals surface area contributed by atoms with Crippen LogP contribution in [0.25, 0.3) is 0 Å². The number of Topliss-reactive ketones (excluding diaryl/α,β-unsaturated/α-hetero) is 1. The van der Waals surface area contributed by atoms with Crippen molar-refractivity contribution in [2.24, 2.45) is 7.05 Å². The molecule has 0 saturated carbocycles. The summed E-state index contributed by atoms with van der Waals surface area (Å²) in [5.41, 5.74) is 2.56. The molecule has 1 N–H and O–H groups in total. The number of ketones is 1. The lowest BCUT2D eigenvalue weighted by Gasteiger charge is -1.99. The minimum Gasteiger partial charge on any atom is -0.388 e. The summed E-state index contributed by atoms with van der Waals surface area (Å²) in [6.07, 6.45) is 0. The minimum atomic E-state index is -0.412. The Morgan fingerprint density at radius 3 is 2.50 bits per heavy atom. The van der Waals surface area contributed by atoms with E-state index in [-0.39, 0.29) is 5.78 Å². The van der Waals surface area contributed by atoms with Crippen molar-refractivity contribution in [2.45, 2.75) is 13.8 Å². The molecule has 0 aliphatic heterocycles. The van der Waals surface area contributed by atoms with Gasteiger partial charge in [-0.1, -0.05) is 0 Å². The van der Waals surface area contributed by atoms with Gasteiger partial charge in [0.15, 0.2) is 5.78 Å². The van der Waals surface area contributed by atoms with Crippen molar-refractivity contribution in [3.05, 3.63) is 23.0 Å². The molecule has 0 aliphatic rings. The Bertz CT molecular complexity index is 313. The average Bonchev–Trinajstić information content (AvgIpc) is 2.32. The predicted molar refractivity (Wildman–Crippen MR) is 46.3 cm³/mol. The average molecular weight is 167 g/mol. The Hall–Kier alpha value is -1.09. The van der Waals surface area contributed by atoms with Crippen molar-refractivity contribution in [3.8, 4) is 0 Å². The molecule has 66 valence electrons. The van der Waals surface area contributed by atoms with Crippen molar-refractivity contribution < 1.29 is 9.90 Å². The van der Waals surface area contributed by atoms with Gasteiger partial charge >= 0.3 is 0 Å². The van der Waals surface area contributed by atoms with Crippen LogP contribution < -0.4 is 0 Å². The Morgan fingerprint density at radius 1 is 1.58 bits per heavy atom. The van der Waals surface area contributed by atoms with Crippen LogP contribution in [0.1, 0.15) is 21.7 Å². The monoisotopic (exact) mass is 167 g/mol. The molecule has 1 aromatic heterocycles. The fraction of sp³-hybridized carbons (Fsp3) is 0.444. The number of aryl methyl sites for hydroxylation is 1. The summed E-state index contributed by atoms with van der Waals surface area (Å²) >= 11 is 0. The van der Waals surface area contributed by atoms with Crippen molar-refractivity contribution in [2.75, 3.05) is 6.61 Å². The molecule has 3 heteroatoms. The van der Waals surface area contributed by atoms with E-state index in [9.17, 15) is 4.79 Å². The zero-order chi connectivity index (χ0) is 9.30. The van der Waals surface area contributed by atoms with E-state index in [0.29, 0.717) is 5.56 Å². The molecule has 0 aliphatic carbocycles. The summed E-state index contributed by atoms with van der Waals surface area (Å²) in [5, 5.41) is 8.65. The van der Waals surface area contributed by atoms with Crippen LogP contribution in [-0.4, -0.2) is 22.1 Å². The van der Waals surface area contributed by atoms with Crippen molar-refractivity contribution in [1.29, 1.82) is 0 Å². The van der Waals surface area contributed by atoms with Crippen molar-refractivity contribution in [3.63, 3.8) is 0 Å². The normalized spacial score (nSPS) is 10.3. The third-order valence-electron chi connectivity index (χ3n) is 2.22. The molecule has 0 bridgehead atoms. The van der Waals surface area contributed by atoms with Gasteiger partial charge in [0.05, 0.1) is 0 Å². The van der Waals surface area contributed by atoms with Gasteiger partial charge in [-0.15, -0.1) is 0 Å². The van der Waals surface area contributed by atoms with Crippen molar-refractivity contribution in [1.82, 2.24) is 4.57 Å². The first-order valence-electron chi connectivity index (χ1n) is 3.85. The van der Waals surface area contributed by atoms with Crippen LogP contribution in [-0.2, 0) is 7.05 Å². The quantitative estimate of drug-likeness (QED) is 0.662. The first kappa shape index (κ1) is 9.00. The highest BCUT2D eigenvalue weighted by Crippen LogP contribution is 2.13. The Labute approximate surface area is 71.6 Å². The molecule has 1 aromatic rings. The molecule has 0 saturated heterocycles. The molecular formula is C9H13NO2. The van der Waals surface area contributed by atoms with Gasteiger partial charge in [0.25, 0.3) is 0 Å². The van der Waals surface area contributed by atoms with Crippen LogP contribution in [0.2, 0.25) is 0 Å². The highest BCUT2D eigenvalue weighted by atomic mass is 16.3. The fourth-order valence-electron chi connectivity index (χ4n) is 1.22. The van der Waals surface area contributed by atoms with Crippen LogP contribution >= 0.6 is 0 Å². The van der Waals surface area contributed by atoms with E-state index in [0.717, 1.165) is 11.4 Å². The molecule has 0 unspecified atom stereocenters. The number of nitrogens with zero attached hydrogens (tertiary/aromatic N) is 1. The van der Waals surface area contributed by atoms with E-state index >= 15 is 0 Å². The number of rotatable bonds is 2. The highest BCUT2D eigenvalue weighted by Gasteiger charge is 2.11. The van der Waals surface area contributed by atoms with Gasteiger partial charge in [-0.2, -0.15) is 0 Å². The van der Waals surface area contributed by atoms with Crippen molar-refractivity contribution >= 4 is 5.78 Å². The zero-order valence-corrected chi connectivity index (χ0v) is 7.59. The van der Waals surface area contributed by atoms with Gasteiger partial charge in [-0.3, -0.25) is 4.79 Å². The van der Waals surface area contributed by atoms with Crippen LogP contribution in [0, 0.1) is 13.8 Å². The summed E-state index contributed by atoms with van der Waals surface area (Å²) in [4.78, 5) is 11.1. The molecular weight excluding hydrogens is 154 g/mol. The van der Waals surface area contributed by atoms with Crippen LogP contribution in [0.5, 0.6) is 0 Å². The summed E-state index contributed by atoms with van der Waals surface area (Å²) < 4.78 is 1.93. The molecule has 3 nitrogen and oxygen atoms in total. The number of carbonyl (C=O) groups is 1. The SMILES string of the molecule is Cc1cc(C(=O)CO)c(C)n1C. The lowest BCUT2D eigenvalue weighted by molar-refractivity contribution is 0.0903. The van der Waals surface area contributed by atoms with Gasteiger partial charge < -0.3 is 9.67 Å². The number of carbonyl (C=O) groups excluding carboxylic acids is 1. The second-order valence-corrected chi connectivity index (χ2v) is 2.93. The third-order valence-corrected chi connectivity index (χ3v) is 2.22. The number of aliphatic hydroxyl groups excluding tert-OH is 1. The summed E-state index contributed by atoms with van der Waals surface area (Å²) in [7, 11) is 1.90. The molecule has 1 heterocycles. The van der Waals surface area contributed by atoms with Crippen LogP contribution in [0.4, 0.5) is 0 Å². The maximum atomic E-state index is 11.1. The summed E-state index contributed by atoms with van der Waals surface area (Å²) in [6, 6.07) is 1.80. The molecule has 0 aromatic carbocycles. The molecule has 0 atom stereocenters. The van der Waals surface area contributed by atoms with Gasteiger partial charge in [0.2, 0.25) is 0 Å². The Morgan fingerprint density at radius 2 is 2.17 bits per heavy atom. The molecule has 0 fully saturated rings. The van der Waals surface area contributed by atoms with E-state index in [2.05, 4.69) is 0 Å². The summed E-state index contributed by atoms with van der Waals surface area (Å²) in [6.45, 7) is 3.39. The smallest absolute Gasteiger partial charge is 0.189 e. The van der Waals surface area contributed by atoms with Crippen LogP contribution in [0.3, 0.4) is 0 Å². The predicted octanol–water partition coefficient (Wildman–Crippen LogP) is 0.817. The summed E-state index contributed by atoms with van der Waals surface area (Å²) in [5.74, 6) is -0.212. The number of hydrogen-bond donors (Lipinski definition) is 1. The maximum Gasteiger partial charge on any atom is 0.189 e. The Kier molecular flexibility index (Phi) is 2.33. The van der Waals surface area contributed by atoms with E-state index < -0.39 is 6.61 Å². The van der Waals surface area contributed by atoms with Gasteiger partial charge in [-0.25, -0.2) is 0 Å². The molecule has 12 heavy (non-hydrogen) atoms. The number of aliphatic hydroxyl groups is 1.